The lowest BCUT2D eigenvalue weighted by molar-refractivity contribution is 0.467. The minimum atomic E-state index is 0.0474. The van der Waals surface area contributed by atoms with Crippen LogP contribution in [0.5, 0.6) is 11.6 Å². The Bertz CT molecular complexity index is 773. The van der Waals surface area contributed by atoms with E-state index in [1.807, 2.05) is 6.07 Å². The van der Waals surface area contributed by atoms with Gasteiger partial charge in [-0.3, -0.25) is 4.98 Å². The van der Waals surface area contributed by atoms with Crippen LogP contribution in [-0.2, 0) is 0 Å². The molecule has 4 N–H and O–H groups in total. The van der Waals surface area contributed by atoms with Crippen LogP contribution in [-0.4, -0.2) is 15.0 Å². The molecular formula is C13H10ClN5O. The van der Waals surface area contributed by atoms with Gasteiger partial charge >= 0.3 is 0 Å². The molecular weight excluding hydrogens is 278 g/mol. The lowest BCUT2D eigenvalue weighted by Crippen LogP contribution is -2.01. The highest BCUT2D eigenvalue weighted by Crippen LogP contribution is 2.32. The topological polar surface area (TPSA) is 99.9 Å². The van der Waals surface area contributed by atoms with Gasteiger partial charge in [-0.2, -0.15) is 9.97 Å². The number of rotatable bonds is 2. The first-order valence-electron chi connectivity index (χ1n) is 5.74. The molecule has 3 rings (SSSR count). The van der Waals surface area contributed by atoms with E-state index in [1.165, 1.54) is 6.07 Å². The average molecular weight is 288 g/mol. The molecule has 0 saturated heterocycles. The van der Waals surface area contributed by atoms with Gasteiger partial charge in [0.1, 0.15) is 11.3 Å². The molecule has 6 nitrogen and oxygen atoms in total. The molecule has 0 aliphatic heterocycles. The third-order valence-electron chi connectivity index (χ3n) is 2.63. The summed E-state index contributed by atoms with van der Waals surface area (Å²) in [4.78, 5) is 12.0. The minimum Gasteiger partial charge on any atom is -0.436 e. The summed E-state index contributed by atoms with van der Waals surface area (Å²) in [5.41, 5.74) is 11.8. The van der Waals surface area contributed by atoms with Crippen LogP contribution >= 0.6 is 11.6 Å². The van der Waals surface area contributed by atoms with Crippen molar-refractivity contribution in [3.05, 3.63) is 41.6 Å². The highest BCUT2D eigenvalue weighted by molar-refractivity contribution is 6.35. The molecule has 2 aromatic heterocycles. The summed E-state index contributed by atoms with van der Waals surface area (Å²) in [7, 11) is 0. The Labute approximate surface area is 119 Å². The molecule has 20 heavy (non-hydrogen) atoms. The first kappa shape index (κ1) is 12.4. The number of anilines is 2. The third kappa shape index (κ3) is 2.28. The van der Waals surface area contributed by atoms with E-state index >= 15 is 0 Å². The molecule has 0 spiro atoms. The van der Waals surface area contributed by atoms with Crippen molar-refractivity contribution in [2.75, 3.05) is 11.5 Å². The summed E-state index contributed by atoms with van der Waals surface area (Å²) in [6.45, 7) is 0. The molecule has 1 aromatic carbocycles. The summed E-state index contributed by atoms with van der Waals surface area (Å²) in [5.74, 6) is 1.05. The van der Waals surface area contributed by atoms with Crippen LogP contribution in [0.1, 0.15) is 0 Å². The maximum atomic E-state index is 6.12. The predicted molar refractivity (Wildman–Crippen MR) is 77.7 cm³/mol. The van der Waals surface area contributed by atoms with Crippen LogP contribution in [0.3, 0.4) is 0 Å². The molecule has 0 atom stereocenters. The number of nitrogens with zero attached hydrogens (tertiary/aromatic N) is 3. The van der Waals surface area contributed by atoms with E-state index in [0.29, 0.717) is 16.3 Å². The Kier molecular flexibility index (Phi) is 3.00. The second-order valence-corrected chi connectivity index (χ2v) is 4.44. The zero-order chi connectivity index (χ0) is 14.1. The first-order chi connectivity index (χ1) is 9.63. The largest absolute Gasteiger partial charge is 0.436 e. The van der Waals surface area contributed by atoms with E-state index in [4.69, 9.17) is 27.8 Å². The van der Waals surface area contributed by atoms with Gasteiger partial charge in [0, 0.05) is 17.6 Å². The van der Waals surface area contributed by atoms with Gasteiger partial charge in [-0.05, 0) is 24.3 Å². The van der Waals surface area contributed by atoms with Gasteiger partial charge in [0.05, 0.1) is 5.02 Å². The summed E-state index contributed by atoms with van der Waals surface area (Å²) in [6.07, 6.45) is 1.66. The van der Waals surface area contributed by atoms with E-state index in [0.717, 1.165) is 5.39 Å². The quantitative estimate of drug-likeness (QED) is 0.751. The van der Waals surface area contributed by atoms with Gasteiger partial charge in [-0.25, -0.2) is 0 Å². The standard InChI is InChI=1S/C13H10ClN5O/c14-8-3-4-9(12-7(8)2-1-5-17-12)20-11-6-10(15)18-13(16)19-11/h1-6H,(H4,15,16,18,19). The number of ether oxygens (including phenoxy) is 1. The number of nitrogens with two attached hydrogens (primary N) is 2. The van der Waals surface area contributed by atoms with Gasteiger partial charge in [-0.15, -0.1) is 0 Å². The van der Waals surface area contributed by atoms with Crippen molar-refractivity contribution < 1.29 is 4.74 Å². The number of aromatic nitrogens is 3. The molecule has 0 fully saturated rings. The second kappa shape index (κ2) is 4.82. The molecule has 0 radical (unpaired) electrons. The zero-order valence-corrected chi connectivity index (χ0v) is 11.0. The van der Waals surface area contributed by atoms with Crippen molar-refractivity contribution in [3.8, 4) is 11.6 Å². The van der Waals surface area contributed by atoms with Crippen LogP contribution in [0.25, 0.3) is 10.9 Å². The summed E-state index contributed by atoms with van der Waals surface area (Å²) < 4.78 is 5.68. The summed E-state index contributed by atoms with van der Waals surface area (Å²) >= 11 is 6.12. The fraction of sp³-hybridized carbons (Fsp3) is 0. The van der Waals surface area contributed by atoms with Gasteiger partial charge in [0.25, 0.3) is 0 Å². The van der Waals surface area contributed by atoms with Crippen molar-refractivity contribution >= 4 is 34.3 Å². The molecule has 0 unspecified atom stereocenters. The van der Waals surface area contributed by atoms with Crippen LogP contribution < -0.4 is 16.2 Å². The number of halogens is 1. The van der Waals surface area contributed by atoms with E-state index in [2.05, 4.69) is 15.0 Å². The van der Waals surface area contributed by atoms with Crippen molar-refractivity contribution in [1.82, 2.24) is 15.0 Å². The molecule has 0 bridgehead atoms. The first-order valence-corrected chi connectivity index (χ1v) is 6.12. The number of nitrogen functional groups attached to an aromatic ring is 2. The maximum Gasteiger partial charge on any atom is 0.226 e. The fourth-order valence-corrected chi connectivity index (χ4v) is 2.04. The van der Waals surface area contributed by atoms with E-state index in [-0.39, 0.29) is 17.6 Å². The molecule has 0 saturated carbocycles. The smallest absolute Gasteiger partial charge is 0.226 e. The Morgan fingerprint density at radius 1 is 1.10 bits per heavy atom. The average Bonchev–Trinajstić information content (AvgIpc) is 2.41. The molecule has 2 heterocycles. The van der Waals surface area contributed by atoms with Crippen molar-refractivity contribution in [1.29, 1.82) is 0 Å². The van der Waals surface area contributed by atoms with Crippen LogP contribution in [0.2, 0.25) is 5.02 Å². The van der Waals surface area contributed by atoms with E-state index in [1.54, 1.807) is 24.4 Å². The lowest BCUT2D eigenvalue weighted by atomic mass is 10.2. The van der Waals surface area contributed by atoms with Gasteiger partial charge in [0.2, 0.25) is 11.8 Å². The van der Waals surface area contributed by atoms with Crippen LogP contribution in [0.15, 0.2) is 36.5 Å². The third-order valence-corrected chi connectivity index (χ3v) is 2.96. The Morgan fingerprint density at radius 3 is 2.75 bits per heavy atom. The number of hydrogen-bond acceptors (Lipinski definition) is 6. The number of pyridine rings is 1. The predicted octanol–water partition coefficient (Wildman–Crippen LogP) is 2.63. The molecule has 7 heteroatoms. The zero-order valence-electron chi connectivity index (χ0n) is 10.2. The summed E-state index contributed by atoms with van der Waals surface area (Å²) in [5, 5.41) is 1.39. The molecule has 3 aromatic rings. The van der Waals surface area contributed by atoms with Gasteiger partial charge in [-0.1, -0.05) is 11.6 Å². The van der Waals surface area contributed by atoms with Crippen LogP contribution in [0.4, 0.5) is 11.8 Å². The highest BCUT2D eigenvalue weighted by Gasteiger charge is 2.09. The SMILES string of the molecule is Nc1cc(Oc2ccc(Cl)c3cccnc23)nc(N)n1. The maximum absolute atomic E-state index is 6.12. The van der Waals surface area contributed by atoms with Crippen molar-refractivity contribution in [2.24, 2.45) is 0 Å². The van der Waals surface area contributed by atoms with Crippen LogP contribution in [0, 0.1) is 0 Å². The monoisotopic (exact) mass is 287 g/mol. The number of benzene rings is 1. The molecule has 0 aliphatic rings. The van der Waals surface area contributed by atoms with Gasteiger partial charge < -0.3 is 16.2 Å². The van der Waals surface area contributed by atoms with E-state index in [9.17, 15) is 0 Å². The molecule has 0 amide bonds. The molecule has 100 valence electrons. The second-order valence-electron chi connectivity index (χ2n) is 4.04. The lowest BCUT2D eigenvalue weighted by Gasteiger charge is -2.09. The fourth-order valence-electron chi connectivity index (χ4n) is 1.82. The number of hydrogen-bond donors (Lipinski definition) is 2. The highest BCUT2D eigenvalue weighted by atomic mass is 35.5. The normalized spacial score (nSPS) is 10.7. The Morgan fingerprint density at radius 2 is 1.95 bits per heavy atom. The van der Waals surface area contributed by atoms with Gasteiger partial charge in [0.15, 0.2) is 5.75 Å². The summed E-state index contributed by atoms with van der Waals surface area (Å²) in [6, 6.07) is 8.60. The van der Waals surface area contributed by atoms with Crippen molar-refractivity contribution in [3.63, 3.8) is 0 Å². The van der Waals surface area contributed by atoms with Crippen molar-refractivity contribution in [2.45, 2.75) is 0 Å². The Balaban J connectivity index is 2.09. The minimum absolute atomic E-state index is 0.0474. The van der Waals surface area contributed by atoms with E-state index < -0.39 is 0 Å². The number of fused-ring (bicyclic) bond motifs is 1. The Hall–Kier alpha value is -2.60. The molecule has 0 aliphatic carbocycles.